The lowest BCUT2D eigenvalue weighted by atomic mass is 10.2. The lowest BCUT2D eigenvalue weighted by molar-refractivity contribution is -0.121. The number of ether oxygens (including phenoxy) is 1. The average molecular weight is 396 g/mol. The van der Waals surface area contributed by atoms with Crippen molar-refractivity contribution >= 4 is 39.2 Å². The predicted octanol–water partition coefficient (Wildman–Crippen LogP) is 2.45. The maximum absolute atomic E-state index is 12.4. The standard InChI is InChI=1S/C17H21N3O4S2/c1-4-24-15-9-7-14(8-10-15)20(26(3,22)23)13(2)17(21)19-18-12-16-6-5-11-25-16/h5-13H,4H2,1-3H3,(H,19,21)/b18-12-/t13-/m1/s1. The van der Waals surface area contributed by atoms with E-state index in [1.54, 1.807) is 24.3 Å². The van der Waals surface area contributed by atoms with Crippen molar-refractivity contribution in [3.8, 4) is 5.75 Å². The first-order valence-electron chi connectivity index (χ1n) is 7.91. The molecule has 140 valence electrons. The monoisotopic (exact) mass is 395 g/mol. The van der Waals surface area contributed by atoms with Crippen molar-refractivity contribution < 1.29 is 17.9 Å². The molecular weight excluding hydrogens is 374 g/mol. The Kier molecular flexibility index (Phi) is 6.76. The molecule has 1 amide bonds. The number of benzene rings is 1. The van der Waals surface area contributed by atoms with Crippen LogP contribution in [0.3, 0.4) is 0 Å². The zero-order valence-corrected chi connectivity index (χ0v) is 16.4. The number of amides is 1. The van der Waals surface area contributed by atoms with Gasteiger partial charge in [0.05, 0.1) is 24.8 Å². The largest absolute Gasteiger partial charge is 0.494 e. The summed E-state index contributed by atoms with van der Waals surface area (Å²) in [6, 6.07) is 9.28. The van der Waals surface area contributed by atoms with Crippen molar-refractivity contribution in [2.24, 2.45) is 5.10 Å². The molecule has 0 saturated carbocycles. The van der Waals surface area contributed by atoms with Crippen LogP contribution in [0.15, 0.2) is 46.9 Å². The number of nitrogens with zero attached hydrogens (tertiary/aromatic N) is 2. The number of sulfonamides is 1. The zero-order chi connectivity index (χ0) is 19.2. The molecule has 0 aliphatic carbocycles. The summed E-state index contributed by atoms with van der Waals surface area (Å²) in [5, 5.41) is 5.77. The molecule has 1 N–H and O–H groups in total. The Bertz CT molecular complexity index is 847. The number of thiophene rings is 1. The molecule has 2 aromatic rings. The van der Waals surface area contributed by atoms with Gasteiger partial charge in [0.25, 0.3) is 5.91 Å². The van der Waals surface area contributed by atoms with E-state index in [2.05, 4.69) is 10.5 Å². The summed E-state index contributed by atoms with van der Waals surface area (Å²) in [5.41, 5.74) is 2.76. The minimum absolute atomic E-state index is 0.376. The third-order valence-corrected chi connectivity index (χ3v) is 5.45. The fourth-order valence-electron chi connectivity index (χ4n) is 2.28. The van der Waals surface area contributed by atoms with Gasteiger partial charge in [-0.25, -0.2) is 13.8 Å². The molecule has 0 saturated heterocycles. The van der Waals surface area contributed by atoms with E-state index in [-0.39, 0.29) is 0 Å². The maximum Gasteiger partial charge on any atom is 0.263 e. The Balaban J connectivity index is 2.16. The van der Waals surface area contributed by atoms with E-state index in [9.17, 15) is 13.2 Å². The highest BCUT2D eigenvalue weighted by molar-refractivity contribution is 7.92. The average Bonchev–Trinajstić information content (AvgIpc) is 3.09. The van der Waals surface area contributed by atoms with Crippen LogP contribution in [0.2, 0.25) is 0 Å². The first kappa shape index (κ1) is 19.9. The molecule has 0 spiro atoms. The molecule has 1 heterocycles. The van der Waals surface area contributed by atoms with E-state index in [1.807, 2.05) is 24.4 Å². The van der Waals surface area contributed by atoms with Crippen molar-refractivity contribution in [1.82, 2.24) is 5.43 Å². The highest BCUT2D eigenvalue weighted by Crippen LogP contribution is 2.24. The van der Waals surface area contributed by atoms with Crippen LogP contribution in [-0.2, 0) is 14.8 Å². The number of carbonyl (C=O) groups is 1. The maximum atomic E-state index is 12.4. The van der Waals surface area contributed by atoms with E-state index in [1.165, 1.54) is 24.5 Å². The fourth-order valence-corrected chi connectivity index (χ4v) is 4.04. The lowest BCUT2D eigenvalue weighted by Crippen LogP contribution is -2.46. The van der Waals surface area contributed by atoms with Gasteiger partial charge in [-0.2, -0.15) is 5.10 Å². The van der Waals surface area contributed by atoms with Gasteiger partial charge in [0.15, 0.2) is 0 Å². The Hall–Kier alpha value is -2.39. The van der Waals surface area contributed by atoms with Crippen LogP contribution in [-0.4, -0.2) is 39.4 Å². The van der Waals surface area contributed by atoms with E-state index in [0.29, 0.717) is 18.0 Å². The fraction of sp³-hybridized carbons (Fsp3) is 0.294. The highest BCUT2D eigenvalue weighted by Gasteiger charge is 2.29. The second-order valence-electron chi connectivity index (χ2n) is 5.41. The Morgan fingerprint density at radius 3 is 2.58 bits per heavy atom. The lowest BCUT2D eigenvalue weighted by Gasteiger charge is -2.27. The Morgan fingerprint density at radius 1 is 1.35 bits per heavy atom. The van der Waals surface area contributed by atoms with Crippen LogP contribution < -0.4 is 14.5 Å². The summed E-state index contributed by atoms with van der Waals surface area (Å²) >= 11 is 1.48. The SMILES string of the molecule is CCOc1ccc(N([C@H](C)C(=O)N/N=C\c2cccs2)S(C)(=O)=O)cc1. The molecule has 9 heteroatoms. The highest BCUT2D eigenvalue weighted by atomic mass is 32.2. The number of hydrogen-bond donors (Lipinski definition) is 1. The minimum Gasteiger partial charge on any atom is -0.494 e. The molecule has 0 bridgehead atoms. The first-order chi connectivity index (χ1) is 12.3. The molecule has 0 aliphatic heterocycles. The molecule has 26 heavy (non-hydrogen) atoms. The Labute approximate surface area is 157 Å². The molecule has 1 atom stereocenters. The second-order valence-corrected chi connectivity index (χ2v) is 8.25. The van der Waals surface area contributed by atoms with Gasteiger partial charge in [0.2, 0.25) is 10.0 Å². The predicted molar refractivity (Wildman–Crippen MR) is 104 cm³/mol. The molecule has 0 aliphatic rings. The van der Waals surface area contributed by atoms with E-state index < -0.39 is 22.0 Å². The van der Waals surface area contributed by atoms with Gasteiger partial charge in [-0.1, -0.05) is 6.07 Å². The summed E-state index contributed by atoms with van der Waals surface area (Å²) in [5.74, 6) is 0.0967. The third-order valence-electron chi connectivity index (χ3n) is 3.40. The molecule has 2 rings (SSSR count). The normalized spacial score (nSPS) is 12.7. The van der Waals surface area contributed by atoms with Gasteiger partial charge < -0.3 is 4.74 Å². The van der Waals surface area contributed by atoms with Gasteiger partial charge >= 0.3 is 0 Å². The second kappa shape index (κ2) is 8.81. The molecule has 0 unspecified atom stereocenters. The first-order valence-corrected chi connectivity index (χ1v) is 10.6. The number of rotatable bonds is 8. The van der Waals surface area contributed by atoms with Gasteiger partial charge in [0, 0.05) is 4.88 Å². The van der Waals surface area contributed by atoms with Crippen molar-refractivity contribution in [1.29, 1.82) is 0 Å². The van der Waals surface area contributed by atoms with Crippen molar-refractivity contribution in [3.05, 3.63) is 46.7 Å². The van der Waals surface area contributed by atoms with E-state index in [0.717, 1.165) is 15.4 Å². The summed E-state index contributed by atoms with van der Waals surface area (Å²) in [6.07, 6.45) is 2.57. The quantitative estimate of drug-likeness (QED) is 0.549. The van der Waals surface area contributed by atoms with Crippen LogP contribution in [0.4, 0.5) is 5.69 Å². The summed E-state index contributed by atoms with van der Waals surface area (Å²) in [6.45, 7) is 3.88. The van der Waals surface area contributed by atoms with Gasteiger partial charge in [0.1, 0.15) is 11.8 Å². The number of carbonyl (C=O) groups excluding carboxylic acids is 1. The third kappa shape index (κ3) is 5.30. The van der Waals surface area contributed by atoms with Crippen molar-refractivity contribution in [2.75, 3.05) is 17.2 Å². The van der Waals surface area contributed by atoms with Crippen LogP contribution in [0.1, 0.15) is 18.7 Å². The molecule has 1 aromatic heterocycles. The van der Waals surface area contributed by atoms with Crippen LogP contribution >= 0.6 is 11.3 Å². The van der Waals surface area contributed by atoms with Gasteiger partial charge in [-0.05, 0) is 49.6 Å². The van der Waals surface area contributed by atoms with Gasteiger partial charge in [-0.15, -0.1) is 11.3 Å². The minimum atomic E-state index is -3.67. The topological polar surface area (TPSA) is 88.1 Å². The van der Waals surface area contributed by atoms with E-state index >= 15 is 0 Å². The smallest absolute Gasteiger partial charge is 0.263 e. The number of nitrogens with one attached hydrogen (secondary N) is 1. The number of hydrogen-bond acceptors (Lipinski definition) is 6. The summed E-state index contributed by atoms with van der Waals surface area (Å²) < 4.78 is 30.9. The molecule has 0 fully saturated rings. The van der Waals surface area contributed by atoms with Crippen molar-refractivity contribution in [2.45, 2.75) is 19.9 Å². The van der Waals surface area contributed by atoms with E-state index in [4.69, 9.17) is 4.74 Å². The summed E-state index contributed by atoms with van der Waals surface area (Å²) in [7, 11) is -3.67. The molecule has 0 radical (unpaired) electrons. The summed E-state index contributed by atoms with van der Waals surface area (Å²) in [4.78, 5) is 13.2. The number of anilines is 1. The van der Waals surface area contributed by atoms with Gasteiger partial charge in [-0.3, -0.25) is 9.10 Å². The Morgan fingerprint density at radius 2 is 2.04 bits per heavy atom. The number of hydrazone groups is 1. The van der Waals surface area contributed by atoms with Crippen LogP contribution in [0, 0.1) is 0 Å². The van der Waals surface area contributed by atoms with Crippen molar-refractivity contribution in [3.63, 3.8) is 0 Å². The van der Waals surface area contributed by atoms with Crippen LogP contribution in [0.5, 0.6) is 5.75 Å². The molecular formula is C17H21N3O4S2. The van der Waals surface area contributed by atoms with Crippen LogP contribution in [0.25, 0.3) is 0 Å². The zero-order valence-electron chi connectivity index (χ0n) is 14.7. The molecule has 1 aromatic carbocycles. The molecule has 7 nitrogen and oxygen atoms in total.